The number of fused-ring (bicyclic) bond motifs is 2. The van der Waals surface area contributed by atoms with Crippen LogP contribution in [0.1, 0.15) is 0 Å². The van der Waals surface area contributed by atoms with E-state index in [2.05, 4.69) is 18.7 Å². The van der Waals surface area contributed by atoms with Crippen LogP contribution in [0, 0.1) is 0 Å². The number of benzene rings is 3. The summed E-state index contributed by atoms with van der Waals surface area (Å²) in [6.45, 7) is 3.22. The van der Waals surface area contributed by atoms with Crippen molar-refractivity contribution in [1.82, 2.24) is 0 Å². The van der Waals surface area contributed by atoms with Crippen molar-refractivity contribution in [2.24, 2.45) is 0 Å². The predicted octanol–water partition coefficient (Wildman–Crippen LogP) is 4.18. The van der Waals surface area contributed by atoms with Gasteiger partial charge in [0.2, 0.25) is 0 Å². The van der Waals surface area contributed by atoms with Crippen LogP contribution in [0.3, 0.4) is 0 Å². The molecule has 4 nitrogen and oxygen atoms in total. The summed E-state index contributed by atoms with van der Waals surface area (Å²) >= 11 is 1.68. The molecule has 0 radical (unpaired) electrons. The van der Waals surface area contributed by atoms with Crippen molar-refractivity contribution in [3.8, 4) is 5.75 Å². The first-order valence-corrected chi connectivity index (χ1v) is 9.45. The molecule has 3 aromatic rings. The fourth-order valence-corrected chi connectivity index (χ4v) is 3.42. The molecular weight excluding hydrogens is 348 g/mol. The molecule has 0 saturated heterocycles. The van der Waals surface area contributed by atoms with Gasteiger partial charge in [0, 0.05) is 21.7 Å². The Morgan fingerprint density at radius 2 is 1.92 bits per heavy atom. The molecule has 0 aromatic heterocycles. The lowest BCUT2D eigenvalue weighted by Crippen LogP contribution is -2.24. The standard InChI is InChI=1S/C21H20O4S/c1-3-20(23)24-12-15(22)13-25-21-16-8-5-4-7-14(16)11-18-17(21)9-6-10-19(18)26-2/h3-11,15,22H,1,12-13H2,2H3. The normalized spacial score (nSPS) is 12.1. The van der Waals surface area contributed by atoms with E-state index < -0.39 is 12.1 Å². The number of hydrogen-bond acceptors (Lipinski definition) is 5. The van der Waals surface area contributed by atoms with E-state index in [1.54, 1.807) is 11.8 Å². The van der Waals surface area contributed by atoms with Gasteiger partial charge in [-0.05, 0) is 29.2 Å². The fourth-order valence-electron chi connectivity index (χ4n) is 2.82. The van der Waals surface area contributed by atoms with Crippen LogP contribution >= 0.6 is 11.8 Å². The molecule has 3 rings (SSSR count). The summed E-state index contributed by atoms with van der Waals surface area (Å²) in [6, 6.07) is 16.2. The number of ether oxygens (including phenoxy) is 2. The van der Waals surface area contributed by atoms with Gasteiger partial charge in [0.25, 0.3) is 0 Å². The Hall–Kier alpha value is -2.50. The number of aliphatic hydroxyl groups is 1. The molecule has 1 unspecified atom stereocenters. The molecule has 1 atom stereocenters. The number of esters is 1. The Bertz CT molecular complexity index is 951. The van der Waals surface area contributed by atoms with Crippen LogP contribution in [-0.2, 0) is 9.53 Å². The molecular formula is C21H20O4S. The average molecular weight is 368 g/mol. The molecule has 0 aliphatic heterocycles. The van der Waals surface area contributed by atoms with Crippen LogP contribution in [0.5, 0.6) is 5.75 Å². The van der Waals surface area contributed by atoms with Crippen molar-refractivity contribution >= 4 is 39.3 Å². The summed E-state index contributed by atoms with van der Waals surface area (Å²) in [5.74, 6) is 0.160. The van der Waals surface area contributed by atoms with Crippen molar-refractivity contribution in [1.29, 1.82) is 0 Å². The maximum Gasteiger partial charge on any atom is 0.330 e. The van der Waals surface area contributed by atoms with Crippen molar-refractivity contribution < 1.29 is 19.4 Å². The van der Waals surface area contributed by atoms with Gasteiger partial charge in [0.05, 0.1) is 0 Å². The molecule has 0 aliphatic rings. The maximum absolute atomic E-state index is 11.1. The van der Waals surface area contributed by atoms with Gasteiger partial charge in [-0.1, -0.05) is 43.0 Å². The third-order valence-corrected chi connectivity index (χ3v) is 4.84. The molecule has 0 heterocycles. The second-order valence-corrected chi connectivity index (χ2v) is 6.63. The van der Waals surface area contributed by atoms with E-state index in [0.29, 0.717) is 0 Å². The lowest BCUT2D eigenvalue weighted by atomic mass is 10.0. The van der Waals surface area contributed by atoms with Crippen molar-refractivity contribution in [3.63, 3.8) is 0 Å². The molecule has 0 bridgehead atoms. The van der Waals surface area contributed by atoms with Gasteiger partial charge in [-0.3, -0.25) is 0 Å². The summed E-state index contributed by atoms with van der Waals surface area (Å²) in [4.78, 5) is 12.3. The van der Waals surface area contributed by atoms with Crippen LogP contribution in [0.2, 0.25) is 0 Å². The van der Waals surface area contributed by atoms with Gasteiger partial charge >= 0.3 is 5.97 Å². The third-order valence-electron chi connectivity index (χ3n) is 4.04. The minimum Gasteiger partial charge on any atom is -0.489 e. The van der Waals surface area contributed by atoms with Crippen LogP contribution in [0.15, 0.2) is 66.1 Å². The monoisotopic (exact) mass is 368 g/mol. The van der Waals surface area contributed by atoms with Crippen molar-refractivity contribution in [2.75, 3.05) is 19.5 Å². The highest BCUT2D eigenvalue weighted by molar-refractivity contribution is 7.98. The Kier molecular flexibility index (Phi) is 5.81. The van der Waals surface area contributed by atoms with E-state index in [1.165, 1.54) is 4.90 Å². The minimum atomic E-state index is -0.920. The van der Waals surface area contributed by atoms with E-state index in [0.717, 1.165) is 33.4 Å². The third kappa shape index (κ3) is 3.84. The Morgan fingerprint density at radius 3 is 2.69 bits per heavy atom. The molecule has 0 spiro atoms. The summed E-state index contributed by atoms with van der Waals surface area (Å²) in [5.41, 5.74) is 0. The van der Waals surface area contributed by atoms with Gasteiger partial charge in [0.15, 0.2) is 0 Å². The first kappa shape index (κ1) is 18.3. The second kappa shape index (κ2) is 8.25. The van der Waals surface area contributed by atoms with Crippen LogP contribution < -0.4 is 4.74 Å². The topological polar surface area (TPSA) is 55.8 Å². The second-order valence-electron chi connectivity index (χ2n) is 5.78. The van der Waals surface area contributed by atoms with Gasteiger partial charge in [-0.15, -0.1) is 11.8 Å². The molecule has 5 heteroatoms. The summed E-state index contributed by atoms with van der Waals surface area (Å²) in [5, 5.41) is 14.2. The highest BCUT2D eigenvalue weighted by atomic mass is 32.2. The molecule has 0 amide bonds. The van der Waals surface area contributed by atoms with Crippen molar-refractivity contribution in [3.05, 3.63) is 61.2 Å². The number of aliphatic hydroxyl groups excluding tert-OH is 1. The van der Waals surface area contributed by atoms with Crippen LogP contribution in [0.4, 0.5) is 0 Å². The molecule has 134 valence electrons. The Balaban J connectivity index is 1.94. The SMILES string of the molecule is C=CC(=O)OCC(O)COc1c2ccccc2cc2c(SC)cccc12. The van der Waals surface area contributed by atoms with Gasteiger partial charge in [0.1, 0.15) is 25.1 Å². The predicted molar refractivity (Wildman–Crippen MR) is 106 cm³/mol. The number of thioether (sulfide) groups is 1. The zero-order valence-corrected chi connectivity index (χ0v) is 15.3. The molecule has 0 saturated carbocycles. The largest absolute Gasteiger partial charge is 0.489 e. The molecule has 1 N–H and O–H groups in total. The lowest BCUT2D eigenvalue weighted by Gasteiger charge is -2.17. The maximum atomic E-state index is 11.1. The highest BCUT2D eigenvalue weighted by Crippen LogP contribution is 2.38. The van der Waals surface area contributed by atoms with Gasteiger partial charge < -0.3 is 14.6 Å². The van der Waals surface area contributed by atoms with E-state index in [-0.39, 0.29) is 13.2 Å². The highest BCUT2D eigenvalue weighted by Gasteiger charge is 2.14. The lowest BCUT2D eigenvalue weighted by molar-refractivity contribution is -0.141. The zero-order valence-electron chi connectivity index (χ0n) is 14.5. The van der Waals surface area contributed by atoms with Crippen LogP contribution in [-0.4, -0.2) is 36.6 Å². The van der Waals surface area contributed by atoms with Crippen molar-refractivity contribution in [2.45, 2.75) is 11.0 Å². The molecule has 26 heavy (non-hydrogen) atoms. The zero-order chi connectivity index (χ0) is 18.5. The summed E-state index contributed by atoms with van der Waals surface area (Å²) in [6.07, 6.45) is 2.19. The van der Waals surface area contributed by atoms with Crippen LogP contribution in [0.25, 0.3) is 21.5 Å². The summed E-state index contributed by atoms with van der Waals surface area (Å²) < 4.78 is 10.8. The fraction of sp³-hybridized carbons (Fsp3) is 0.190. The molecule has 0 aliphatic carbocycles. The molecule has 3 aromatic carbocycles. The minimum absolute atomic E-state index is 0.0248. The Labute approximate surface area is 156 Å². The van der Waals surface area contributed by atoms with Gasteiger partial charge in [-0.2, -0.15) is 0 Å². The van der Waals surface area contributed by atoms with E-state index in [1.807, 2.05) is 42.7 Å². The van der Waals surface area contributed by atoms with E-state index >= 15 is 0 Å². The smallest absolute Gasteiger partial charge is 0.330 e. The summed E-state index contributed by atoms with van der Waals surface area (Å²) in [7, 11) is 0. The number of hydrogen-bond donors (Lipinski definition) is 1. The number of rotatable bonds is 7. The molecule has 0 fully saturated rings. The number of carbonyl (C=O) groups excluding carboxylic acids is 1. The number of carbonyl (C=O) groups is 1. The quantitative estimate of drug-likeness (QED) is 0.293. The van der Waals surface area contributed by atoms with Gasteiger partial charge in [-0.25, -0.2) is 4.79 Å². The Morgan fingerprint density at radius 1 is 1.15 bits per heavy atom. The first-order chi connectivity index (χ1) is 12.6. The van der Waals surface area contributed by atoms with E-state index in [4.69, 9.17) is 9.47 Å². The first-order valence-electron chi connectivity index (χ1n) is 8.22. The van der Waals surface area contributed by atoms with E-state index in [9.17, 15) is 9.90 Å². The average Bonchev–Trinajstić information content (AvgIpc) is 2.68.